The van der Waals surface area contributed by atoms with E-state index in [1.54, 1.807) is 36.4 Å². The van der Waals surface area contributed by atoms with Crippen LogP contribution in [0.15, 0.2) is 52.1 Å². The number of aromatic carboxylic acids is 1. The van der Waals surface area contributed by atoms with Gasteiger partial charge in [0.05, 0.1) is 18.8 Å². The summed E-state index contributed by atoms with van der Waals surface area (Å²) in [5, 5.41) is 13.9. The molecule has 0 amide bonds. The van der Waals surface area contributed by atoms with Crippen LogP contribution in [0.3, 0.4) is 0 Å². The van der Waals surface area contributed by atoms with Crippen molar-refractivity contribution in [3.8, 4) is 11.4 Å². The first-order chi connectivity index (χ1) is 14.4. The van der Waals surface area contributed by atoms with E-state index in [0.717, 1.165) is 26.8 Å². The molecule has 0 fully saturated rings. The van der Waals surface area contributed by atoms with E-state index in [2.05, 4.69) is 5.10 Å². The first kappa shape index (κ1) is 19.9. The Morgan fingerprint density at radius 3 is 2.60 bits per heavy atom. The maximum atomic E-state index is 13.3. The summed E-state index contributed by atoms with van der Waals surface area (Å²) < 4.78 is 7.03. The lowest BCUT2D eigenvalue weighted by Crippen LogP contribution is -2.46. The van der Waals surface area contributed by atoms with Crippen molar-refractivity contribution >= 4 is 17.6 Å². The Bertz CT molecular complexity index is 1250. The van der Waals surface area contributed by atoms with Crippen LogP contribution in [0.2, 0.25) is 5.02 Å². The van der Waals surface area contributed by atoms with Crippen molar-refractivity contribution in [2.45, 2.75) is 25.3 Å². The number of hydrogen-bond acceptors (Lipinski definition) is 5. The quantitative estimate of drug-likeness (QED) is 0.686. The molecule has 8 nitrogen and oxygen atoms in total. The molecule has 1 aliphatic carbocycles. The van der Waals surface area contributed by atoms with Gasteiger partial charge in [-0.15, -0.1) is 0 Å². The van der Waals surface area contributed by atoms with Gasteiger partial charge in [0, 0.05) is 5.02 Å². The van der Waals surface area contributed by atoms with Crippen molar-refractivity contribution in [2.75, 3.05) is 7.11 Å². The van der Waals surface area contributed by atoms with Gasteiger partial charge < -0.3 is 9.84 Å². The number of carbonyl (C=O) groups is 1. The number of fused-ring (bicyclic) bond motifs is 1. The van der Waals surface area contributed by atoms with Crippen LogP contribution in [-0.4, -0.2) is 32.5 Å². The minimum atomic E-state index is -1.50. The van der Waals surface area contributed by atoms with Crippen molar-refractivity contribution in [3.63, 3.8) is 0 Å². The Morgan fingerprint density at radius 1 is 1.20 bits per heavy atom. The van der Waals surface area contributed by atoms with Crippen LogP contribution in [-0.2, 0) is 6.42 Å². The SMILES string of the molecule is COc1ccc(-n2nc(C(=O)O)c(=O)n(C3CCCc4c(Cl)cccc43)c2=O)cc1. The van der Waals surface area contributed by atoms with Crippen LogP contribution in [0.5, 0.6) is 5.75 Å². The molecule has 1 N–H and O–H groups in total. The lowest BCUT2D eigenvalue weighted by molar-refractivity contribution is 0.0684. The first-order valence-corrected chi connectivity index (χ1v) is 9.71. The highest BCUT2D eigenvalue weighted by atomic mass is 35.5. The average molecular weight is 428 g/mol. The summed E-state index contributed by atoms with van der Waals surface area (Å²) in [7, 11) is 1.51. The highest BCUT2D eigenvalue weighted by Crippen LogP contribution is 2.35. The Hall–Kier alpha value is -3.39. The van der Waals surface area contributed by atoms with Crippen molar-refractivity contribution < 1.29 is 14.6 Å². The number of methoxy groups -OCH3 is 1. The predicted octanol–water partition coefficient (Wildman–Crippen LogP) is 2.68. The van der Waals surface area contributed by atoms with Crippen LogP contribution in [0, 0.1) is 0 Å². The first-order valence-electron chi connectivity index (χ1n) is 9.33. The monoisotopic (exact) mass is 427 g/mol. The number of carboxylic acids is 1. The van der Waals surface area contributed by atoms with Crippen LogP contribution in [0.1, 0.15) is 40.5 Å². The van der Waals surface area contributed by atoms with E-state index >= 15 is 0 Å². The second kappa shape index (κ2) is 7.79. The Morgan fingerprint density at radius 2 is 1.93 bits per heavy atom. The lowest BCUT2D eigenvalue weighted by Gasteiger charge is -2.27. The van der Waals surface area contributed by atoms with Crippen molar-refractivity contribution in [1.82, 2.24) is 14.3 Å². The zero-order chi connectivity index (χ0) is 21.4. The number of carboxylic acid groups (broad SMARTS) is 1. The molecule has 1 atom stereocenters. The minimum Gasteiger partial charge on any atom is -0.497 e. The molecule has 1 aliphatic rings. The molecule has 3 aromatic rings. The van der Waals surface area contributed by atoms with Gasteiger partial charge >= 0.3 is 11.7 Å². The summed E-state index contributed by atoms with van der Waals surface area (Å²) in [6.07, 6.45) is 1.94. The average Bonchev–Trinajstić information content (AvgIpc) is 2.74. The van der Waals surface area contributed by atoms with Gasteiger partial charge in [0.2, 0.25) is 5.69 Å². The number of rotatable bonds is 4. The smallest absolute Gasteiger partial charge is 0.362 e. The number of halogens is 1. The third-order valence-electron chi connectivity index (χ3n) is 5.26. The largest absolute Gasteiger partial charge is 0.497 e. The molecule has 0 aliphatic heterocycles. The number of hydrogen-bond donors (Lipinski definition) is 1. The molecule has 0 saturated carbocycles. The van der Waals surface area contributed by atoms with Crippen LogP contribution in [0.25, 0.3) is 5.69 Å². The number of nitrogens with zero attached hydrogens (tertiary/aromatic N) is 3. The second-order valence-corrected chi connectivity index (χ2v) is 7.34. The molecule has 0 bridgehead atoms. The van der Waals surface area contributed by atoms with E-state index in [1.165, 1.54) is 7.11 Å². The van der Waals surface area contributed by atoms with Gasteiger partial charge in [-0.2, -0.15) is 9.78 Å². The molecule has 9 heteroatoms. The molecular weight excluding hydrogens is 410 g/mol. The van der Waals surface area contributed by atoms with E-state index in [9.17, 15) is 19.5 Å². The standard InChI is InChI=1S/C21H18ClN3O5/c1-30-13-10-8-12(9-11-13)25-21(29)24(19(26)18(23-25)20(27)28)17-7-3-4-14-15(17)5-2-6-16(14)22/h2,5-6,8-11,17H,3-4,7H2,1H3,(H,27,28). The fourth-order valence-electron chi connectivity index (χ4n) is 3.84. The molecule has 30 heavy (non-hydrogen) atoms. The Balaban J connectivity index is 1.98. The van der Waals surface area contributed by atoms with E-state index in [-0.39, 0.29) is 0 Å². The third kappa shape index (κ3) is 3.29. The molecule has 0 saturated heterocycles. The molecular formula is C21H18ClN3O5. The summed E-state index contributed by atoms with van der Waals surface area (Å²) >= 11 is 6.32. The fraction of sp³-hybridized carbons (Fsp3) is 0.238. The number of aromatic nitrogens is 3. The molecule has 154 valence electrons. The predicted molar refractivity (Wildman–Crippen MR) is 110 cm³/mol. The normalized spacial score (nSPS) is 15.5. The zero-order valence-corrected chi connectivity index (χ0v) is 16.8. The van der Waals surface area contributed by atoms with E-state index in [4.69, 9.17) is 16.3 Å². The number of ether oxygens (including phenoxy) is 1. The molecule has 4 rings (SSSR count). The van der Waals surface area contributed by atoms with E-state index in [0.29, 0.717) is 29.3 Å². The molecule has 0 spiro atoms. The van der Waals surface area contributed by atoms with Gasteiger partial charge in [0.25, 0.3) is 5.56 Å². The van der Waals surface area contributed by atoms with Gasteiger partial charge in [-0.25, -0.2) is 14.2 Å². The number of benzene rings is 2. The van der Waals surface area contributed by atoms with Crippen LogP contribution in [0.4, 0.5) is 0 Å². The van der Waals surface area contributed by atoms with Gasteiger partial charge in [-0.1, -0.05) is 23.7 Å². The molecule has 1 heterocycles. The van der Waals surface area contributed by atoms with Crippen molar-refractivity contribution in [2.24, 2.45) is 0 Å². The van der Waals surface area contributed by atoms with Crippen molar-refractivity contribution in [3.05, 3.63) is 85.1 Å². The Kier molecular flexibility index (Phi) is 5.17. The lowest BCUT2D eigenvalue weighted by atomic mass is 9.87. The summed E-state index contributed by atoms with van der Waals surface area (Å²) in [5.74, 6) is -0.937. The summed E-state index contributed by atoms with van der Waals surface area (Å²) in [6.45, 7) is 0. The third-order valence-corrected chi connectivity index (χ3v) is 5.61. The van der Waals surface area contributed by atoms with Crippen LogP contribution >= 0.6 is 11.6 Å². The highest BCUT2D eigenvalue weighted by molar-refractivity contribution is 6.31. The van der Waals surface area contributed by atoms with Gasteiger partial charge in [0.1, 0.15) is 5.75 Å². The van der Waals surface area contributed by atoms with Gasteiger partial charge in [0.15, 0.2) is 0 Å². The summed E-state index contributed by atoms with van der Waals surface area (Å²) in [4.78, 5) is 38.0. The summed E-state index contributed by atoms with van der Waals surface area (Å²) in [5.41, 5.74) is -0.440. The van der Waals surface area contributed by atoms with E-state index < -0.39 is 29.0 Å². The minimum absolute atomic E-state index is 0.319. The zero-order valence-electron chi connectivity index (χ0n) is 16.0. The van der Waals surface area contributed by atoms with Gasteiger partial charge in [-0.3, -0.25) is 4.79 Å². The Labute approximate surface area is 175 Å². The fourth-order valence-corrected chi connectivity index (χ4v) is 4.11. The van der Waals surface area contributed by atoms with Crippen LogP contribution < -0.4 is 16.0 Å². The molecule has 0 radical (unpaired) electrons. The second-order valence-electron chi connectivity index (χ2n) is 6.94. The van der Waals surface area contributed by atoms with Crippen molar-refractivity contribution in [1.29, 1.82) is 0 Å². The molecule has 1 unspecified atom stereocenters. The maximum Gasteiger partial charge on any atom is 0.362 e. The molecule has 1 aromatic heterocycles. The summed E-state index contributed by atoms with van der Waals surface area (Å²) in [6, 6.07) is 11.1. The topological polar surface area (TPSA) is 103 Å². The highest BCUT2D eigenvalue weighted by Gasteiger charge is 2.29. The maximum absolute atomic E-state index is 13.3. The van der Waals surface area contributed by atoms with Gasteiger partial charge in [-0.05, 0) is 60.7 Å². The van der Waals surface area contributed by atoms with E-state index in [1.807, 2.05) is 6.07 Å². The molecule has 2 aromatic carbocycles.